The third-order valence-electron chi connectivity index (χ3n) is 11.3. The molecule has 1 aliphatic carbocycles. The van der Waals surface area contributed by atoms with E-state index in [0.717, 1.165) is 59.1 Å². The van der Waals surface area contributed by atoms with E-state index in [9.17, 15) is 18.0 Å². The number of aryl methyl sites for hydroxylation is 1. The fraction of sp³-hybridized carbons (Fsp3) is 0.421. The molecule has 1 N–H and O–H groups in total. The summed E-state index contributed by atoms with van der Waals surface area (Å²) in [6, 6.07) is 10.3. The first-order valence-corrected chi connectivity index (χ1v) is 17.6. The number of nitrogens with zero attached hydrogens (tertiary/aromatic N) is 7. The van der Waals surface area contributed by atoms with E-state index in [4.69, 9.17) is 14.7 Å². The molecule has 10 nitrogen and oxygen atoms in total. The van der Waals surface area contributed by atoms with E-state index in [1.165, 1.54) is 6.08 Å². The lowest BCUT2D eigenvalue weighted by Gasteiger charge is -2.54. The Bertz CT molecular complexity index is 2150. The molecule has 3 saturated heterocycles. The average Bonchev–Trinajstić information content (AvgIpc) is 3.56. The van der Waals surface area contributed by atoms with E-state index in [1.807, 2.05) is 48.5 Å². The van der Waals surface area contributed by atoms with Gasteiger partial charge in [0.2, 0.25) is 11.9 Å². The van der Waals surface area contributed by atoms with Crippen molar-refractivity contribution >= 4 is 39.5 Å². The van der Waals surface area contributed by atoms with Gasteiger partial charge >= 0.3 is 6.18 Å². The topological polar surface area (TPSA) is 95.4 Å². The molecule has 2 aromatic carbocycles. The smallest absolute Gasteiger partial charge is 0.422 e. The first kappa shape index (κ1) is 31.9. The van der Waals surface area contributed by atoms with Gasteiger partial charge in [-0.05, 0) is 85.6 Å². The zero-order valence-electron chi connectivity index (χ0n) is 28.4. The van der Waals surface area contributed by atoms with Crippen LogP contribution in [0.5, 0.6) is 5.75 Å². The highest BCUT2D eigenvalue weighted by Gasteiger charge is 2.47. The van der Waals surface area contributed by atoms with Crippen LogP contribution in [0.4, 0.5) is 24.9 Å². The average molecular weight is 697 g/mol. The van der Waals surface area contributed by atoms with Gasteiger partial charge in [0.25, 0.3) is 0 Å². The number of amides is 1. The van der Waals surface area contributed by atoms with Crippen molar-refractivity contribution in [3.63, 3.8) is 0 Å². The highest BCUT2D eigenvalue weighted by Crippen LogP contribution is 2.53. The summed E-state index contributed by atoms with van der Waals surface area (Å²) in [5.41, 5.74) is 4.57. The lowest BCUT2D eigenvalue weighted by Crippen LogP contribution is -2.61. The monoisotopic (exact) mass is 696 g/mol. The summed E-state index contributed by atoms with van der Waals surface area (Å²) in [6.07, 6.45) is 6.25. The summed E-state index contributed by atoms with van der Waals surface area (Å²) < 4.78 is 50.2. The van der Waals surface area contributed by atoms with Crippen molar-refractivity contribution in [3.8, 4) is 16.9 Å². The normalized spacial score (nSPS) is 19.1. The van der Waals surface area contributed by atoms with E-state index in [1.54, 1.807) is 6.20 Å². The second-order valence-corrected chi connectivity index (χ2v) is 14.8. The minimum absolute atomic E-state index is 0.0431. The molecule has 264 valence electrons. The molecule has 0 bridgehead atoms. The molecule has 13 heteroatoms. The van der Waals surface area contributed by atoms with Crippen LogP contribution in [-0.4, -0.2) is 87.6 Å². The van der Waals surface area contributed by atoms with Gasteiger partial charge in [-0.15, -0.1) is 0 Å². The van der Waals surface area contributed by atoms with E-state index in [0.29, 0.717) is 61.7 Å². The fourth-order valence-corrected chi connectivity index (χ4v) is 8.29. The molecule has 4 aliphatic rings. The van der Waals surface area contributed by atoms with Crippen molar-refractivity contribution in [1.82, 2.24) is 29.6 Å². The SMILES string of the molecule is C=CC(=O)N1CC2(CCN(c3nc(N4CC(n5cccc5)C4)nc4c(OCC(F)(F)F)c(-c5c(C)ccc6[nH]ncc56)c(C5CC5)cc34)CC2)C1. The predicted molar refractivity (Wildman–Crippen MR) is 189 cm³/mol. The Hall–Kier alpha value is -5.07. The maximum absolute atomic E-state index is 14.0. The van der Waals surface area contributed by atoms with Crippen LogP contribution in [0, 0.1) is 12.3 Å². The number of alkyl halides is 3. The molecule has 0 radical (unpaired) electrons. The summed E-state index contributed by atoms with van der Waals surface area (Å²) >= 11 is 0. The number of nitrogens with one attached hydrogen (secondary N) is 1. The molecule has 3 aromatic heterocycles. The molecule has 9 rings (SSSR count). The van der Waals surface area contributed by atoms with Crippen molar-refractivity contribution in [2.45, 2.75) is 50.7 Å². The van der Waals surface area contributed by atoms with Gasteiger partial charge in [0.15, 0.2) is 12.4 Å². The number of carbonyl (C=O) groups is 1. The number of hydrogen-bond acceptors (Lipinski definition) is 7. The number of piperidine rings is 1. The number of rotatable bonds is 8. The van der Waals surface area contributed by atoms with Crippen LogP contribution in [0.25, 0.3) is 32.9 Å². The molecule has 0 atom stereocenters. The summed E-state index contributed by atoms with van der Waals surface area (Å²) in [4.78, 5) is 28.7. The van der Waals surface area contributed by atoms with Gasteiger partial charge in [0, 0.05) is 73.4 Å². The highest BCUT2D eigenvalue weighted by molar-refractivity contribution is 6.06. The van der Waals surface area contributed by atoms with Crippen LogP contribution >= 0.6 is 0 Å². The lowest BCUT2D eigenvalue weighted by molar-refractivity contribution is -0.153. The Kier molecular flexibility index (Phi) is 7.34. The van der Waals surface area contributed by atoms with E-state index in [-0.39, 0.29) is 29.0 Å². The Morgan fingerprint density at radius 1 is 1.06 bits per heavy atom. The van der Waals surface area contributed by atoms with Gasteiger partial charge in [-0.25, -0.2) is 4.98 Å². The fourth-order valence-electron chi connectivity index (χ4n) is 8.29. The maximum Gasteiger partial charge on any atom is 0.422 e. The quantitative estimate of drug-likeness (QED) is 0.179. The van der Waals surface area contributed by atoms with Gasteiger partial charge in [0.1, 0.15) is 11.3 Å². The second-order valence-electron chi connectivity index (χ2n) is 14.8. The van der Waals surface area contributed by atoms with E-state index >= 15 is 0 Å². The first-order chi connectivity index (χ1) is 24.6. The zero-order chi connectivity index (χ0) is 35.1. The number of benzene rings is 2. The van der Waals surface area contributed by atoms with Crippen LogP contribution in [0.2, 0.25) is 0 Å². The number of hydrogen-bond donors (Lipinski definition) is 1. The van der Waals surface area contributed by atoms with Crippen molar-refractivity contribution in [2.75, 3.05) is 55.7 Å². The number of anilines is 2. The van der Waals surface area contributed by atoms with Crippen molar-refractivity contribution in [2.24, 2.45) is 5.41 Å². The van der Waals surface area contributed by atoms with Crippen molar-refractivity contribution in [3.05, 3.63) is 72.7 Å². The molecular formula is C38H39F3N8O2. The summed E-state index contributed by atoms with van der Waals surface area (Å²) in [5.74, 6) is 1.47. The van der Waals surface area contributed by atoms with Gasteiger partial charge in [-0.3, -0.25) is 9.89 Å². The van der Waals surface area contributed by atoms with Crippen LogP contribution in [0.1, 0.15) is 48.8 Å². The Labute approximate surface area is 292 Å². The number of ether oxygens (including phenoxy) is 1. The van der Waals surface area contributed by atoms with E-state index in [2.05, 4.69) is 37.2 Å². The summed E-state index contributed by atoms with van der Waals surface area (Å²) in [7, 11) is 0. The van der Waals surface area contributed by atoms with Crippen LogP contribution < -0.4 is 14.5 Å². The van der Waals surface area contributed by atoms with Crippen LogP contribution in [0.3, 0.4) is 0 Å². The minimum Gasteiger partial charge on any atom is -0.481 e. The summed E-state index contributed by atoms with van der Waals surface area (Å²) in [5, 5.41) is 8.84. The van der Waals surface area contributed by atoms with Gasteiger partial charge in [-0.2, -0.15) is 23.3 Å². The van der Waals surface area contributed by atoms with E-state index < -0.39 is 12.8 Å². The number of aromatic nitrogens is 5. The Morgan fingerprint density at radius 2 is 1.80 bits per heavy atom. The molecule has 3 aliphatic heterocycles. The Balaban J connectivity index is 1.20. The number of likely N-dealkylation sites (tertiary alicyclic amines) is 1. The van der Waals surface area contributed by atoms with Crippen molar-refractivity contribution in [1.29, 1.82) is 0 Å². The first-order valence-electron chi connectivity index (χ1n) is 17.6. The van der Waals surface area contributed by atoms with Crippen LogP contribution in [0.15, 0.2) is 61.6 Å². The highest BCUT2D eigenvalue weighted by atomic mass is 19.4. The molecule has 1 spiro atoms. The molecule has 0 unspecified atom stereocenters. The number of halogens is 3. The largest absolute Gasteiger partial charge is 0.481 e. The number of aromatic amines is 1. The molecule has 5 aromatic rings. The molecule has 51 heavy (non-hydrogen) atoms. The van der Waals surface area contributed by atoms with Gasteiger partial charge < -0.3 is 24.0 Å². The third-order valence-corrected chi connectivity index (χ3v) is 11.3. The predicted octanol–water partition coefficient (Wildman–Crippen LogP) is 6.78. The number of carbonyl (C=O) groups excluding carboxylic acids is 1. The standard InChI is InChI=1S/C38H39F3N8O2/c1-3-30(50)49-20-37(21-49)10-14-47(15-11-37)35-27-16-26(24-7-8-24)32(31-23(2)6-9-29-28(31)17-42-45-29)34(51-22-38(39,40)41)33(27)43-36(44-35)48-18-25(19-48)46-12-4-5-13-46/h3-6,9,12-13,16-17,24-25H,1,7-8,10-11,14-15,18-22H2,2H3,(H,42,45). The molecule has 6 heterocycles. The number of H-pyrrole nitrogens is 1. The molecule has 4 fully saturated rings. The molecule has 1 saturated carbocycles. The second kappa shape index (κ2) is 11.7. The summed E-state index contributed by atoms with van der Waals surface area (Å²) in [6.45, 7) is 8.35. The Morgan fingerprint density at radius 3 is 2.49 bits per heavy atom. The third kappa shape index (κ3) is 5.57. The minimum atomic E-state index is -4.55. The zero-order valence-corrected chi connectivity index (χ0v) is 28.4. The van der Waals surface area contributed by atoms with Crippen LogP contribution in [-0.2, 0) is 4.79 Å². The number of fused-ring (bicyclic) bond motifs is 2. The molecule has 1 amide bonds. The lowest BCUT2D eigenvalue weighted by atomic mass is 9.72. The van der Waals surface area contributed by atoms with Gasteiger partial charge in [-0.1, -0.05) is 12.6 Å². The van der Waals surface area contributed by atoms with Gasteiger partial charge in [0.05, 0.1) is 17.8 Å². The molecular weight excluding hydrogens is 657 g/mol. The van der Waals surface area contributed by atoms with Crippen molar-refractivity contribution < 1.29 is 22.7 Å². The maximum atomic E-state index is 14.0.